The van der Waals surface area contributed by atoms with Crippen LogP contribution in [0.5, 0.6) is 5.75 Å². The Hall–Kier alpha value is -2.04. The molecule has 1 saturated carbocycles. The van der Waals surface area contributed by atoms with Gasteiger partial charge in [0.25, 0.3) is 0 Å². The molecular formula is C19H27NO4. The van der Waals surface area contributed by atoms with Gasteiger partial charge in [0.05, 0.1) is 0 Å². The van der Waals surface area contributed by atoms with E-state index in [1.807, 2.05) is 6.07 Å². The quantitative estimate of drug-likeness (QED) is 0.725. The maximum Gasteiger partial charge on any atom is 0.341 e. The lowest BCUT2D eigenvalue weighted by Gasteiger charge is -2.21. The van der Waals surface area contributed by atoms with Gasteiger partial charge in [0, 0.05) is 13.0 Å². The zero-order valence-electron chi connectivity index (χ0n) is 14.1. The summed E-state index contributed by atoms with van der Waals surface area (Å²) in [4.78, 5) is 22.4. The fourth-order valence-electron chi connectivity index (χ4n) is 3.21. The molecule has 0 bridgehead atoms. The van der Waals surface area contributed by atoms with Crippen molar-refractivity contribution in [3.05, 3.63) is 29.8 Å². The van der Waals surface area contributed by atoms with Gasteiger partial charge in [-0.15, -0.1) is 0 Å². The van der Waals surface area contributed by atoms with Crippen LogP contribution in [0, 0.1) is 5.92 Å². The molecule has 0 heterocycles. The van der Waals surface area contributed by atoms with Crippen molar-refractivity contribution in [1.29, 1.82) is 0 Å². The van der Waals surface area contributed by atoms with Gasteiger partial charge in [0.15, 0.2) is 6.61 Å². The highest BCUT2D eigenvalue weighted by atomic mass is 16.5. The first-order valence-corrected chi connectivity index (χ1v) is 8.83. The Labute approximate surface area is 143 Å². The second-order valence-corrected chi connectivity index (χ2v) is 6.50. The molecule has 5 nitrogen and oxygen atoms in total. The third kappa shape index (κ3) is 7.02. The van der Waals surface area contributed by atoms with E-state index in [-0.39, 0.29) is 12.5 Å². The van der Waals surface area contributed by atoms with Gasteiger partial charge in [-0.05, 0) is 36.5 Å². The Kier molecular flexibility index (Phi) is 7.59. The number of rotatable bonds is 9. The van der Waals surface area contributed by atoms with Crippen molar-refractivity contribution in [2.45, 2.75) is 57.9 Å². The molecule has 24 heavy (non-hydrogen) atoms. The Morgan fingerprint density at radius 3 is 2.75 bits per heavy atom. The van der Waals surface area contributed by atoms with Crippen LogP contribution in [0.2, 0.25) is 0 Å². The zero-order valence-corrected chi connectivity index (χ0v) is 14.1. The molecular weight excluding hydrogens is 306 g/mol. The summed E-state index contributed by atoms with van der Waals surface area (Å²) in [6.45, 7) is 0.0729. The summed E-state index contributed by atoms with van der Waals surface area (Å²) >= 11 is 0. The normalized spacial score (nSPS) is 15.0. The van der Waals surface area contributed by atoms with E-state index < -0.39 is 5.97 Å². The van der Waals surface area contributed by atoms with E-state index in [0.717, 1.165) is 24.3 Å². The summed E-state index contributed by atoms with van der Waals surface area (Å²) in [5, 5.41) is 11.5. The smallest absolute Gasteiger partial charge is 0.341 e. The summed E-state index contributed by atoms with van der Waals surface area (Å²) in [7, 11) is 0. The van der Waals surface area contributed by atoms with E-state index >= 15 is 0 Å². The van der Waals surface area contributed by atoms with Gasteiger partial charge in [-0.25, -0.2) is 4.79 Å². The molecule has 1 aromatic carbocycles. The highest BCUT2D eigenvalue weighted by Crippen LogP contribution is 2.27. The molecule has 5 heteroatoms. The molecule has 2 rings (SSSR count). The standard InChI is InChI=1S/C19H27NO4/c21-18(11-5-8-15-6-2-1-3-7-15)20-13-16-9-4-10-17(12-16)24-14-19(22)23/h4,9-10,12,15H,1-3,5-8,11,13-14H2,(H,20,21)(H,22,23). The second kappa shape index (κ2) is 9.96. The predicted molar refractivity (Wildman–Crippen MR) is 91.8 cm³/mol. The highest BCUT2D eigenvalue weighted by molar-refractivity contribution is 5.75. The maximum absolute atomic E-state index is 11.9. The fraction of sp³-hybridized carbons (Fsp3) is 0.579. The second-order valence-electron chi connectivity index (χ2n) is 6.50. The molecule has 0 aromatic heterocycles. The first-order chi connectivity index (χ1) is 11.6. The first kappa shape index (κ1) is 18.3. The first-order valence-electron chi connectivity index (χ1n) is 8.83. The molecule has 0 aliphatic heterocycles. The topological polar surface area (TPSA) is 75.6 Å². The lowest BCUT2D eigenvalue weighted by Crippen LogP contribution is -2.22. The number of carbonyl (C=O) groups is 2. The Morgan fingerprint density at radius 2 is 2.00 bits per heavy atom. The van der Waals surface area contributed by atoms with E-state index in [1.54, 1.807) is 18.2 Å². The van der Waals surface area contributed by atoms with Crippen molar-refractivity contribution in [3.8, 4) is 5.75 Å². The number of benzene rings is 1. The number of ether oxygens (including phenoxy) is 1. The number of hydrogen-bond acceptors (Lipinski definition) is 3. The molecule has 132 valence electrons. The van der Waals surface area contributed by atoms with Crippen molar-refractivity contribution >= 4 is 11.9 Å². The largest absolute Gasteiger partial charge is 0.482 e. The van der Waals surface area contributed by atoms with Crippen LogP contribution < -0.4 is 10.1 Å². The zero-order chi connectivity index (χ0) is 17.2. The van der Waals surface area contributed by atoms with Gasteiger partial charge < -0.3 is 15.2 Å². The van der Waals surface area contributed by atoms with Gasteiger partial charge in [-0.3, -0.25) is 4.79 Å². The molecule has 0 spiro atoms. The average molecular weight is 333 g/mol. The number of nitrogens with one attached hydrogen (secondary N) is 1. The minimum absolute atomic E-state index is 0.0719. The predicted octanol–water partition coefficient (Wildman–Crippen LogP) is 3.52. The van der Waals surface area contributed by atoms with Crippen LogP contribution in [-0.2, 0) is 16.1 Å². The Bertz CT molecular complexity index is 538. The molecule has 1 aromatic rings. The molecule has 1 aliphatic carbocycles. The van der Waals surface area contributed by atoms with Crippen LogP contribution in [0.4, 0.5) is 0 Å². The molecule has 0 radical (unpaired) electrons. The molecule has 2 N–H and O–H groups in total. The van der Waals surface area contributed by atoms with Crippen LogP contribution in [-0.4, -0.2) is 23.6 Å². The van der Waals surface area contributed by atoms with E-state index in [1.165, 1.54) is 32.1 Å². The number of carbonyl (C=O) groups excluding carboxylic acids is 1. The summed E-state index contributed by atoms with van der Waals surface area (Å²) in [5.41, 5.74) is 0.901. The fourth-order valence-corrected chi connectivity index (χ4v) is 3.21. The number of carboxylic acids is 1. The van der Waals surface area contributed by atoms with Crippen molar-refractivity contribution < 1.29 is 19.4 Å². The average Bonchev–Trinajstić information content (AvgIpc) is 2.59. The molecule has 0 saturated heterocycles. The summed E-state index contributed by atoms with van der Waals surface area (Å²) < 4.78 is 5.13. The van der Waals surface area contributed by atoms with E-state index in [4.69, 9.17) is 9.84 Å². The summed E-state index contributed by atoms with van der Waals surface area (Å²) in [6, 6.07) is 7.14. The van der Waals surface area contributed by atoms with Crippen molar-refractivity contribution in [2.75, 3.05) is 6.61 Å². The third-order valence-electron chi connectivity index (χ3n) is 4.49. The molecule has 0 atom stereocenters. The van der Waals surface area contributed by atoms with Gasteiger partial charge in [-0.2, -0.15) is 0 Å². The van der Waals surface area contributed by atoms with Crippen LogP contribution in [0.25, 0.3) is 0 Å². The van der Waals surface area contributed by atoms with Crippen molar-refractivity contribution in [3.63, 3.8) is 0 Å². The van der Waals surface area contributed by atoms with Crippen LogP contribution in [0.3, 0.4) is 0 Å². The highest BCUT2D eigenvalue weighted by Gasteiger charge is 2.13. The third-order valence-corrected chi connectivity index (χ3v) is 4.49. The van der Waals surface area contributed by atoms with Gasteiger partial charge >= 0.3 is 5.97 Å². The SMILES string of the molecule is O=C(O)COc1cccc(CNC(=O)CCCC2CCCCC2)c1. The van der Waals surface area contributed by atoms with E-state index in [0.29, 0.717) is 18.7 Å². The molecule has 1 fully saturated rings. The van der Waals surface area contributed by atoms with Crippen LogP contribution >= 0.6 is 0 Å². The van der Waals surface area contributed by atoms with Gasteiger partial charge in [0.2, 0.25) is 5.91 Å². The summed E-state index contributed by atoms with van der Waals surface area (Å²) in [6.07, 6.45) is 9.39. The van der Waals surface area contributed by atoms with Crippen LogP contribution in [0.15, 0.2) is 24.3 Å². The number of aliphatic carboxylic acids is 1. The molecule has 1 amide bonds. The van der Waals surface area contributed by atoms with Gasteiger partial charge in [-0.1, -0.05) is 44.2 Å². The molecule has 0 unspecified atom stereocenters. The Balaban J connectivity index is 1.65. The number of amides is 1. The van der Waals surface area contributed by atoms with Crippen molar-refractivity contribution in [2.24, 2.45) is 5.92 Å². The lowest BCUT2D eigenvalue weighted by molar-refractivity contribution is -0.139. The van der Waals surface area contributed by atoms with E-state index in [2.05, 4.69) is 5.32 Å². The van der Waals surface area contributed by atoms with E-state index in [9.17, 15) is 9.59 Å². The number of hydrogen-bond donors (Lipinski definition) is 2. The monoisotopic (exact) mass is 333 g/mol. The maximum atomic E-state index is 11.9. The minimum atomic E-state index is -1.01. The summed E-state index contributed by atoms with van der Waals surface area (Å²) in [5.74, 6) is 0.380. The minimum Gasteiger partial charge on any atom is -0.482 e. The molecule has 1 aliphatic rings. The van der Waals surface area contributed by atoms with Crippen LogP contribution in [0.1, 0.15) is 56.9 Å². The lowest BCUT2D eigenvalue weighted by atomic mass is 9.86. The number of carboxylic acid groups (broad SMARTS) is 1. The Morgan fingerprint density at radius 1 is 1.21 bits per heavy atom. The van der Waals surface area contributed by atoms with Gasteiger partial charge in [0.1, 0.15) is 5.75 Å². The van der Waals surface area contributed by atoms with Crippen molar-refractivity contribution in [1.82, 2.24) is 5.32 Å².